The Kier molecular flexibility index (Phi) is 3.68. The highest BCUT2D eigenvalue weighted by Gasteiger charge is 2.36. The van der Waals surface area contributed by atoms with Crippen molar-refractivity contribution >= 4 is 5.91 Å². The molecular weight excluding hydrogens is 256 g/mol. The van der Waals surface area contributed by atoms with Gasteiger partial charge in [-0.05, 0) is 18.9 Å². The molecule has 20 heavy (non-hydrogen) atoms. The summed E-state index contributed by atoms with van der Waals surface area (Å²) in [6.45, 7) is 1.05. The minimum Gasteiger partial charge on any atom is -0.384 e. The van der Waals surface area contributed by atoms with Crippen LogP contribution in [0.15, 0.2) is 18.5 Å². The van der Waals surface area contributed by atoms with Crippen LogP contribution in [0, 0.1) is 11.8 Å². The van der Waals surface area contributed by atoms with Crippen molar-refractivity contribution in [1.82, 2.24) is 9.88 Å². The second-order valence-corrected chi connectivity index (χ2v) is 5.05. The van der Waals surface area contributed by atoms with Gasteiger partial charge in [-0.2, -0.15) is 0 Å². The molecule has 5 nitrogen and oxygen atoms in total. The van der Waals surface area contributed by atoms with E-state index in [0.717, 1.165) is 12.8 Å². The normalized spacial score (nSPS) is 24.1. The van der Waals surface area contributed by atoms with Crippen molar-refractivity contribution in [3.05, 3.63) is 29.6 Å². The van der Waals surface area contributed by atoms with Gasteiger partial charge in [0.05, 0.1) is 23.3 Å². The molecule has 0 saturated carbocycles. The van der Waals surface area contributed by atoms with Gasteiger partial charge in [0.2, 0.25) is 0 Å². The standard InChI is InChI=1S/C15H16N2O3/c18-7-1-2-11-8-16-6-5-14(11)15(19)17-9-12-3-4-13(10-17)20-12/h5-6,8,12-13,18H,3-4,7,9-10H2. The average Bonchev–Trinajstić information content (AvgIpc) is 2.83. The third-order valence-electron chi connectivity index (χ3n) is 3.68. The monoisotopic (exact) mass is 272 g/mol. The minimum atomic E-state index is -0.232. The van der Waals surface area contributed by atoms with E-state index in [4.69, 9.17) is 9.84 Å². The molecule has 2 atom stereocenters. The van der Waals surface area contributed by atoms with Gasteiger partial charge in [0.25, 0.3) is 5.91 Å². The van der Waals surface area contributed by atoms with E-state index < -0.39 is 0 Å². The van der Waals surface area contributed by atoms with Gasteiger partial charge in [-0.25, -0.2) is 0 Å². The molecule has 2 saturated heterocycles. The van der Waals surface area contributed by atoms with Crippen molar-refractivity contribution in [2.24, 2.45) is 0 Å². The zero-order chi connectivity index (χ0) is 13.9. The Morgan fingerprint density at radius 3 is 2.90 bits per heavy atom. The smallest absolute Gasteiger partial charge is 0.255 e. The van der Waals surface area contributed by atoms with Crippen LogP contribution in [0.25, 0.3) is 0 Å². The number of amides is 1. The average molecular weight is 272 g/mol. The molecule has 0 radical (unpaired) electrons. The molecule has 1 N–H and O–H groups in total. The molecule has 1 amide bonds. The predicted molar refractivity (Wildman–Crippen MR) is 72.0 cm³/mol. The molecule has 0 spiro atoms. The summed E-state index contributed by atoms with van der Waals surface area (Å²) in [6.07, 6.45) is 5.56. The fourth-order valence-corrected chi connectivity index (χ4v) is 2.77. The lowest BCUT2D eigenvalue weighted by molar-refractivity contribution is -0.0303. The Hall–Kier alpha value is -1.90. The van der Waals surface area contributed by atoms with Crippen LogP contribution in [0.1, 0.15) is 28.8 Å². The maximum absolute atomic E-state index is 12.6. The summed E-state index contributed by atoms with van der Waals surface area (Å²) < 4.78 is 5.74. The van der Waals surface area contributed by atoms with E-state index in [9.17, 15) is 4.79 Å². The third-order valence-corrected chi connectivity index (χ3v) is 3.68. The van der Waals surface area contributed by atoms with E-state index in [1.54, 1.807) is 18.5 Å². The van der Waals surface area contributed by atoms with Gasteiger partial charge in [-0.1, -0.05) is 11.8 Å². The molecule has 1 aromatic heterocycles. The van der Waals surface area contributed by atoms with E-state index >= 15 is 0 Å². The number of pyridine rings is 1. The SMILES string of the molecule is O=C(c1ccncc1C#CCO)N1CC2CCC(C1)O2. The zero-order valence-corrected chi connectivity index (χ0v) is 11.1. The number of hydrogen-bond donors (Lipinski definition) is 1. The first-order chi connectivity index (χ1) is 9.78. The maximum Gasteiger partial charge on any atom is 0.255 e. The van der Waals surface area contributed by atoms with E-state index in [1.807, 2.05) is 4.90 Å². The van der Waals surface area contributed by atoms with Crippen LogP contribution < -0.4 is 0 Å². The molecule has 2 aliphatic rings. The zero-order valence-electron chi connectivity index (χ0n) is 11.1. The highest BCUT2D eigenvalue weighted by molar-refractivity contribution is 5.96. The number of rotatable bonds is 1. The number of carbonyl (C=O) groups is 1. The molecule has 3 rings (SSSR count). The Balaban J connectivity index is 1.83. The number of likely N-dealkylation sites (tertiary alicyclic amines) is 1. The van der Waals surface area contributed by atoms with Gasteiger partial charge < -0.3 is 14.7 Å². The molecule has 2 fully saturated rings. The predicted octanol–water partition coefficient (Wildman–Crippen LogP) is 0.429. The van der Waals surface area contributed by atoms with Crippen molar-refractivity contribution in [2.75, 3.05) is 19.7 Å². The first-order valence-electron chi connectivity index (χ1n) is 6.76. The van der Waals surface area contributed by atoms with Crippen LogP contribution in [-0.4, -0.2) is 52.8 Å². The largest absolute Gasteiger partial charge is 0.384 e. The molecule has 2 unspecified atom stereocenters. The molecule has 0 aliphatic carbocycles. The molecule has 104 valence electrons. The van der Waals surface area contributed by atoms with Crippen molar-refractivity contribution in [3.63, 3.8) is 0 Å². The van der Waals surface area contributed by atoms with Crippen molar-refractivity contribution in [2.45, 2.75) is 25.0 Å². The summed E-state index contributed by atoms with van der Waals surface area (Å²) in [5.41, 5.74) is 1.10. The fraction of sp³-hybridized carbons (Fsp3) is 0.467. The van der Waals surface area contributed by atoms with Gasteiger partial charge in [0, 0.05) is 25.5 Å². The quantitative estimate of drug-likeness (QED) is 0.753. The van der Waals surface area contributed by atoms with E-state index in [2.05, 4.69) is 16.8 Å². The number of aliphatic hydroxyl groups is 1. The molecule has 3 heterocycles. The number of morpholine rings is 1. The van der Waals surface area contributed by atoms with Crippen LogP contribution in [0.3, 0.4) is 0 Å². The summed E-state index contributed by atoms with van der Waals surface area (Å²) in [7, 11) is 0. The molecular formula is C15H16N2O3. The van der Waals surface area contributed by atoms with Gasteiger partial charge in [-0.3, -0.25) is 9.78 Å². The highest BCUT2D eigenvalue weighted by atomic mass is 16.5. The van der Waals surface area contributed by atoms with Gasteiger partial charge in [0.15, 0.2) is 0 Å². The molecule has 1 aromatic rings. The fourth-order valence-electron chi connectivity index (χ4n) is 2.77. The van der Waals surface area contributed by atoms with Crippen molar-refractivity contribution in [3.8, 4) is 11.8 Å². The minimum absolute atomic E-state index is 0.0326. The van der Waals surface area contributed by atoms with Crippen molar-refractivity contribution < 1.29 is 14.6 Å². The molecule has 5 heteroatoms. The van der Waals surface area contributed by atoms with Crippen LogP contribution in [-0.2, 0) is 4.74 Å². The van der Waals surface area contributed by atoms with Gasteiger partial charge >= 0.3 is 0 Å². The number of nitrogens with zero attached hydrogens (tertiary/aromatic N) is 2. The maximum atomic E-state index is 12.6. The summed E-state index contributed by atoms with van der Waals surface area (Å²) in [4.78, 5) is 18.4. The van der Waals surface area contributed by atoms with Gasteiger partial charge in [-0.15, -0.1) is 0 Å². The number of aromatic nitrogens is 1. The summed E-state index contributed by atoms with van der Waals surface area (Å²) in [5.74, 6) is 5.31. The van der Waals surface area contributed by atoms with E-state index in [-0.39, 0.29) is 24.7 Å². The van der Waals surface area contributed by atoms with E-state index in [1.165, 1.54) is 0 Å². The van der Waals surface area contributed by atoms with Crippen LogP contribution in [0.4, 0.5) is 0 Å². The van der Waals surface area contributed by atoms with Crippen LogP contribution in [0.2, 0.25) is 0 Å². The lowest BCUT2D eigenvalue weighted by Gasteiger charge is -2.32. The summed E-state index contributed by atoms with van der Waals surface area (Å²) in [5, 5.41) is 8.78. The lowest BCUT2D eigenvalue weighted by Crippen LogP contribution is -2.46. The summed E-state index contributed by atoms with van der Waals surface area (Å²) in [6, 6.07) is 1.68. The Morgan fingerprint density at radius 1 is 1.45 bits per heavy atom. The Labute approximate surface area is 117 Å². The molecule has 2 aliphatic heterocycles. The number of ether oxygens (including phenoxy) is 1. The Bertz CT molecular complexity index is 564. The van der Waals surface area contributed by atoms with Crippen molar-refractivity contribution in [1.29, 1.82) is 0 Å². The highest BCUT2D eigenvalue weighted by Crippen LogP contribution is 2.27. The van der Waals surface area contributed by atoms with E-state index in [0.29, 0.717) is 24.2 Å². The second-order valence-electron chi connectivity index (χ2n) is 5.05. The lowest BCUT2D eigenvalue weighted by atomic mass is 10.1. The third kappa shape index (κ3) is 2.53. The second kappa shape index (κ2) is 5.61. The number of hydrogen-bond acceptors (Lipinski definition) is 4. The van der Waals surface area contributed by atoms with Gasteiger partial charge in [0.1, 0.15) is 6.61 Å². The summed E-state index contributed by atoms with van der Waals surface area (Å²) >= 11 is 0. The first-order valence-corrected chi connectivity index (χ1v) is 6.76. The number of fused-ring (bicyclic) bond motifs is 2. The number of aliphatic hydroxyl groups excluding tert-OH is 1. The first kappa shape index (κ1) is 13.1. The topological polar surface area (TPSA) is 62.7 Å². The molecule has 2 bridgehead atoms. The Morgan fingerprint density at radius 2 is 2.20 bits per heavy atom. The molecule has 0 aromatic carbocycles. The number of carbonyl (C=O) groups excluding carboxylic acids is 1. The van der Waals surface area contributed by atoms with Crippen LogP contribution >= 0.6 is 0 Å². The van der Waals surface area contributed by atoms with Crippen LogP contribution in [0.5, 0.6) is 0 Å².